The Morgan fingerprint density at radius 1 is 1.31 bits per heavy atom. The zero-order valence-corrected chi connectivity index (χ0v) is 14.3. The van der Waals surface area contributed by atoms with Crippen molar-refractivity contribution in [2.24, 2.45) is 7.05 Å². The zero-order valence-electron chi connectivity index (χ0n) is 13.5. The van der Waals surface area contributed by atoms with Gasteiger partial charge in [-0.05, 0) is 31.2 Å². The SMILES string of the molecule is Cc1nn(C)c2sc(C(=O)Nc3ccc4oc(C(F)(F)F)nc4c3)cc12. The lowest BCUT2D eigenvalue weighted by molar-refractivity contribution is -0.156. The van der Waals surface area contributed by atoms with Gasteiger partial charge >= 0.3 is 12.1 Å². The fourth-order valence-electron chi connectivity index (χ4n) is 2.64. The lowest BCUT2D eigenvalue weighted by atomic mass is 10.2. The first-order valence-corrected chi connectivity index (χ1v) is 8.26. The lowest BCUT2D eigenvalue weighted by Gasteiger charge is -2.02. The van der Waals surface area contributed by atoms with E-state index in [-0.39, 0.29) is 17.0 Å². The summed E-state index contributed by atoms with van der Waals surface area (Å²) in [6, 6.07) is 5.89. The van der Waals surface area contributed by atoms with Crippen LogP contribution in [0.5, 0.6) is 0 Å². The van der Waals surface area contributed by atoms with E-state index >= 15 is 0 Å². The van der Waals surface area contributed by atoms with E-state index in [0.717, 1.165) is 15.9 Å². The second-order valence-electron chi connectivity index (χ2n) is 5.69. The molecule has 26 heavy (non-hydrogen) atoms. The molecule has 1 amide bonds. The van der Waals surface area contributed by atoms with Crippen LogP contribution in [-0.2, 0) is 13.2 Å². The minimum absolute atomic E-state index is 0.00103. The van der Waals surface area contributed by atoms with Crippen LogP contribution >= 0.6 is 11.3 Å². The second-order valence-corrected chi connectivity index (χ2v) is 6.72. The van der Waals surface area contributed by atoms with Crippen LogP contribution in [0.2, 0.25) is 0 Å². The summed E-state index contributed by atoms with van der Waals surface area (Å²) in [4.78, 5) is 17.2. The number of alkyl halides is 3. The van der Waals surface area contributed by atoms with Crippen LogP contribution in [0, 0.1) is 6.92 Å². The van der Waals surface area contributed by atoms with Gasteiger partial charge in [0.25, 0.3) is 5.91 Å². The molecule has 1 N–H and O–H groups in total. The average molecular weight is 380 g/mol. The number of aryl methyl sites for hydroxylation is 2. The van der Waals surface area contributed by atoms with Crippen LogP contribution in [0.4, 0.5) is 18.9 Å². The summed E-state index contributed by atoms with van der Waals surface area (Å²) in [5.41, 5.74) is 1.17. The van der Waals surface area contributed by atoms with E-state index in [1.54, 1.807) is 17.8 Å². The van der Waals surface area contributed by atoms with Crippen molar-refractivity contribution in [2.75, 3.05) is 5.32 Å². The van der Waals surface area contributed by atoms with E-state index in [1.807, 2.05) is 6.92 Å². The van der Waals surface area contributed by atoms with E-state index in [9.17, 15) is 18.0 Å². The van der Waals surface area contributed by atoms with Gasteiger partial charge in [0.1, 0.15) is 10.3 Å². The number of hydrogen-bond donors (Lipinski definition) is 1. The monoisotopic (exact) mass is 380 g/mol. The van der Waals surface area contributed by atoms with Crippen LogP contribution < -0.4 is 5.32 Å². The molecule has 0 saturated heterocycles. The third-order valence-electron chi connectivity index (χ3n) is 3.81. The first-order chi connectivity index (χ1) is 12.2. The van der Waals surface area contributed by atoms with Gasteiger partial charge in [-0.25, -0.2) is 4.98 Å². The maximum atomic E-state index is 12.7. The normalized spacial score (nSPS) is 12.2. The molecule has 0 aliphatic rings. The maximum absolute atomic E-state index is 12.7. The topological polar surface area (TPSA) is 73.0 Å². The van der Waals surface area contributed by atoms with E-state index in [0.29, 0.717) is 10.6 Å². The molecule has 0 saturated carbocycles. The highest BCUT2D eigenvalue weighted by Crippen LogP contribution is 2.32. The second kappa shape index (κ2) is 5.56. The number of carbonyl (C=O) groups is 1. The molecule has 0 fully saturated rings. The fourth-order valence-corrected chi connectivity index (χ4v) is 3.65. The Balaban J connectivity index is 1.63. The zero-order chi connectivity index (χ0) is 18.6. The van der Waals surface area contributed by atoms with Gasteiger partial charge < -0.3 is 9.73 Å². The Bertz CT molecular complexity index is 1120. The summed E-state index contributed by atoms with van der Waals surface area (Å²) in [5.74, 6) is -1.67. The molecule has 0 atom stereocenters. The number of carbonyl (C=O) groups excluding carboxylic acids is 1. The molecule has 4 rings (SSSR count). The average Bonchev–Trinajstić information content (AvgIpc) is 3.23. The van der Waals surface area contributed by atoms with E-state index < -0.39 is 12.1 Å². The molecule has 3 heterocycles. The van der Waals surface area contributed by atoms with Gasteiger partial charge in [0, 0.05) is 18.1 Å². The number of amides is 1. The quantitative estimate of drug-likeness (QED) is 0.561. The smallest absolute Gasteiger partial charge is 0.433 e. The first kappa shape index (κ1) is 16.6. The Morgan fingerprint density at radius 2 is 2.08 bits per heavy atom. The van der Waals surface area contributed by atoms with Crippen LogP contribution in [0.25, 0.3) is 21.3 Å². The number of thiophene rings is 1. The minimum atomic E-state index is -4.66. The number of oxazole rings is 1. The highest BCUT2D eigenvalue weighted by Gasteiger charge is 2.37. The van der Waals surface area contributed by atoms with Crippen molar-refractivity contribution >= 4 is 44.2 Å². The van der Waals surface area contributed by atoms with Crippen molar-refractivity contribution < 1.29 is 22.4 Å². The minimum Gasteiger partial charge on any atom is -0.433 e. The van der Waals surface area contributed by atoms with Gasteiger partial charge in [-0.15, -0.1) is 11.3 Å². The molecule has 0 bridgehead atoms. The Kier molecular flexibility index (Phi) is 3.55. The van der Waals surface area contributed by atoms with Crippen molar-refractivity contribution in [1.29, 1.82) is 0 Å². The van der Waals surface area contributed by atoms with Crippen molar-refractivity contribution in [3.05, 3.63) is 40.7 Å². The summed E-state index contributed by atoms with van der Waals surface area (Å²) in [6.07, 6.45) is -4.66. The molecule has 0 spiro atoms. The van der Waals surface area contributed by atoms with Crippen molar-refractivity contribution in [3.63, 3.8) is 0 Å². The summed E-state index contributed by atoms with van der Waals surface area (Å²) in [5, 5.41) is 7.84. The summed E-state index contributed by atoms with van der Waals surface area (Å²) < 4.78 is 44.4. The molecule has 134 valence electrons. The van der Waals surface area contributed by atoms with Gasteiger partial charge in [-0.2, -0.15) is 18.3 Å². The first-order valence-electron chi connectivity index (χ1n) is 7.44. The van der Waals surface area contributed by atoms with Crippen molar-refractivity contribution in [2.45, 2.75) is 13.1 Å². The predicted molar refractivity (Wildman–Crippen MR) is 90.3 cm³/mol. The number of nitrogens with one attached hydrogen (secondary N) is 1. The molecule has 6 nitrogen and oxygen atoms in total. The maximum Gasteiger partial charge on any atom is 0.468 e. The van der Waals surface area contributed by atoms with E-state index in [1.165, 1.54) is 29.5 Å². The standard InChI is InChI=1S/C16H11F3N4O2S/c1-7-9-6-12(26-14(9)23(2)22-7)13(24)20-8-3-4-11-10(5-8)21-15(25-11)16(17,18)19/h3-6H,1-2H3,(H,20,24). The molecule has 4 aromatic rings. The number of rotatable bonds is 2. The number of benzene rings is 1. The summed E-state index contributed by atoms with van der Waals surface area (Å²) in [7, 11) is 1.80. The highest BCUT2D eigenvalue weighted by atomic mass is 32.1. The number of fused-ring (bicyclic) bond motifs is 2. The molecule has 10 heteroatoms. The lowest BCUT2D eigenvalue weighted by Crippen LogP contribution is -2.10. The van der Waals surface area contributed by atoms with Gasteiger partial charge in [0.05, 0.1) is 10.6 Å². The van der Waals surface area contributed by atoms with Crippen LogP contribution in [0.1, 0.15) is 21.3 Å². The van der Waals surface area contributed by atoms with Gasteiger partial charge in [-0.3, -0.25) is 9.48 Å². The Hall–Kier alpha value is -2.88. The number of halogens is 3. The molecule has 0 radical (unpaired) electrons. The van der Waals surface area contributed by atoms with Gasteiger partial charge in [0.15, 0.2) is 5.58 Å². The van der Waals surface area contributed by atoms with Crippen molar-refractivity contribution in [3.8, 4) is 0 Å². The molecule has 1 aromatic carbocycles. The number of nitrogens with zero attached hydrogens (tertiary/aromatic N) is 3. The summed E-state index contributed by atoms with van der Waals surface area (Å²) >= 11 is 1.29. The number of anilines is 1. The van der Waals surface area contributed by atoms with Crippen LogP contribution in [-0.4, -0.2) is 20.7 Å². The van der Waals surface area contributed by atoms with Crippen molar-refractivity contribution in [1.82, 2.24) is 14.8 Å². The predicted octanol–water partition coefficient (Wildman–Crippen LogP) is 4.36. The Morgan fingerprint density at radius 3 is 2.77 bits per heavy atom. The van der Waals surface area contributed by atoms with Crippen LogP contribution in [0.3, 0.4) is 0 Å². The molecule has 0 aliphatic heterocycles. The number of hydrogen-bond acceptors (Lipinski definition) is 5. The largest absolute Gasteiger partial charge is 0.468 e. The molecule has 0 unspecified atom stereocenters. The van der Waals surface area contributed by atoms with Gasteiger partial charge in [-0.1, -0.05) is 0 Å². The third-order valence-corrected chi connectivity index (χ3v) is 5.01. The molecular weight excluding hydrogens is 369 g/mol. The van der Waals surface area contributed by atoms with E-state index in [4.69, 9.17) is 0 Å². The molecule has 3 aromatic heterocycles. The summed E-state index contributed by atoms with van der Waals surface area (Å²) in [6.45, 7) is 1.85. The van der Waals surface area contributed by atoms with Crippen LogP contribution in [0.15, 0.2) is 28.7 Å². The molecular formula is C16H11F3N4O2S. The van der Waals surface area contributed by atoms with E-state index in [2.05, 4.69) is 19.8 Å². The number of aromatic nitrogens is 3. The highest BCUT2D eigenvalue weighted by molar-refractivity contribution is 7.20. The fraction of sp³-hybridized carbons (Fsp3) is 0.188. The Labute approximate surface area is 148 Å². The van der Waals surface area contributed by atoms with Gasteiger partial charge in [0.2, 0.25) is 0 Å². The molecule has 0 aliphatic carbocycles. The third kappa shape index (κ3) is 2.71.